The molecule has 2 rings (SSSR count). The van der Waals surface area contributed by atoms with Crippen molar-refractivity contribution in [1.29, 1.82) is 0 Å². The Balaban J connectivity index is 2.17. The fraction of sp³-hybridized carbons (Fsp3) is 0.643. The number of hydrogen-bond acceptors (Lipinski definition) is 3. The van der Waals surface area contributed by atoms with Gasteiger partial charge in [0.05, 0.1) is 5.71 Å². The number of furan rings is 1. The first-order valence-electron chi connectivity index (χ1n) is 6.48. The second kappa shape index (κ2) is 4.94. The number of aryl methyl sites for hydroxylation is 1. The standard InChI is InChI=1S/C14H22N2O/c1-10-6-5-7-11(2)16(10)15-13(4)14-9-8-12(3)17-14/h8-11H,5-7H2,1-4H3. The third kappa shape index (κ3) is 2.71. The van der Waals surface area contributed by atoms with E-state index in [4.69, 9.17) is 9.52 Å². The summed E-state index contributed by atoms with van der Waals surface area (Å²) in [6.45, 7) is 8.48. The van der Waals surface area contributed by atoms with Crippen LogP contribution in [0.25, 0.3) is 0 Å². The molecule has 2 heterocycles. The molecule has 0 N–H and O–H groups in total. The van der Waals surface area contributed by atoms with Gasteiger partial charge >= 0.3 is 0 Å². The topological polar surface area (TPSA) is 28.7 Å². The highest BCUT2D eigenvalue weighted by atomic mass is 16.3. The van der Waals surface area contributed by atoms with E-state index < -0.39 is 0 Å². The van der Waals surface area contributed by atoms with E-state index in [9.17, 15) is 0 Å². The Morgan fingerprint density at radius 1 is 1.29 bits per heavy atom. The Hall–Kier alpha value is -1.25. The summed E-state index contributed by atoms with van der Waals surface area (Å²) < 4.78 is 5.60. The van der Waals surface area contributed by atoms with Gasteiger partial charge in [-0.15, -0.1) is 0 Å². The quantitative estimate of drug-likeness (QED) is 0.732. The summed E-state index contributed by atoms with van der Waals surface area (Å²) in [6.07, 6.45) is 3.78. The molecule has 0 spiro atoms. The van der Waals surface area contributed by atoms with Crippen molar-refractivity contribution in [2.75, 3.05) is 0 Å². The van der Waals surface area contributed by atoms with Gasteiger partial charge in [0.2, 0.25) is 0 Å². The van der Waals surface area contributed by atoms with E-state index in [2.05, 4.69) is 18.9 Å². The van der Waals surface area contributed by atoms with Gasteiger partial charge in [-0.25, -0.2) is 0 Å². The summed E-state index contributed by atoms with van der Waals surface area (Å²) in [5, 5.41) is 6.97. The maximum Gasteiger partial charge on any atom is 0.149 e. The summed E-state index contributed by atoms with van der Waals surface area (Å²) in [5.74, 6) is 1.82. The molecule has 0 bridgehead atoms. The van der Waals surface area contributed by atoms with E-state index >= 15 is 0 Å². The first-order chi connectivity index (χ1) is 8.08. The first kappa shape index (κ1) is 12.2. The van der Waals surface area contributed by atoms with Crippen LogP contribution in [0.5, 0.6) is 0 Å². The number of nitrogens with zero attached hydrogens (tertiary/aromatic N) is 2. The van der Waals surface area contributed by atoms with Crippen molar-refractivity contribution in [3.8, 4) is 0 Å². The van der Waals surface area contributed by atoms with Crippen molar-refractivity contribution < 1.29 is 4.42 Å². The summed E-state index contributed by atoms with van der Waals surface area (Å²) in [5.41, 5.74) is 0.971. The Kier molecular flexibility index (Phi) is 3.55. The van der Waals surface area contributed by atoms with Gasteiger partial charge < -0.3 is 4.42 Å². The second-order valence-electron chi connectivity index (χ2n) is 5.10. The highest BCUT2D eigenvalue weighted by Crippen LogP contribution is 2.23. The molecule has 1 aromatic heterocycles. The smallest absolute Gasteiger partial charge is 0.149 e. The average molecular weight is 234 g/mol. The Bertz CT molecular complexity index is 398. The molecule has 0 radical (unpaired) electrons. The van der Waals surface area contributed by atoms with Crippen LogP contribution in [0.2, 0.25) is 0 Å². The van der Waals surface area contributed by atoms with Crippen molar-refractivity contribution >= 4 is 5.71 Å². The van der Waals surface area contributed by atoms with Gasteiger partial charge in [-0.1, -0.05) is 0 Å². The van der Waals surface area contributed by atoms with Crippen molar-refractivity contribution in [2.24, 2.45) is 5.10 Å². The molecule has 17 heavy (non-hydrogen) atoms. The van der Waals surface area contributed by atoms with Crippen LogP contribution in [0.4, 0.5) is 0 Å². The number of hydrogen-bond donors (Lipinski definition) is 0. The van der Waals surface area contributed by atoms with Crippen LogP contribution in [-0.2, 0) is 0 Å². The molecule has 2 atom stereocenters. The highest BCUT2D eigenvalue weighted by molar-refractivity contribution is 5.96. The molecule has 3 heteroatoms. The van der Waals surface area contributed by atoms with Crippen LogP contribution in [0.15, 0.2) is 21.7 Å². The van der Waals surface area contributed by atoms with E-state index in [1.54, 1.807) is 0 Å². The highest BCUT2D eigenvalue weighted by Gasteiger charge is 2.23. The van der Waals surface area contributed by atoms with Crippen molar-refractivity contribution in [2.45, 2.75) is 59.0 Å². The van der Waals surface area contributed by atoms with E-state index in [-0.39, 0.29) is 0 Å². The summed E-state index contributed by atoms with van der Waals surface area (Å²) in [6, 6.07) is 5.04. The molecular formula is C14H22N2O. The molecule has 94 valence electrons. The minimum Gasteiger partial charge on any atom is -0.460 e. The molecule has 2 unspecified atom stereocenters. The summed E-state index contributed by atoms with van der Waals surface area (Å²) in [7, 11) is 0. The lowest BCUT2D eigenvalue weighted by Crippen LogP contribution is -2.40. The monoisotopic (exact) mass is 234 g/mol. The SMILES string of the molecule is CC(=NN1C(C)CCCC1C)c1ccc(C)o1. The molecule has 1 fully saturated rings. The second-order valence-corrected chi connectivity index (χ2v) is 5.10. The predicted molar refractivity (Wildman–Crippen MR) is 70.3 cm³/mol. The van der Waals surface area contributed by atoms with Crippen molar-refractivity contribution in [1.82, 2.24) is 5.01 Å². The number of rotatable bonds is 2. The maximum absolute atomic E-state index is 5.60. The van der Waals surface area contributed by atoms with Crippen LogP contribution in [-0.4, -0.2) is 22.8 Å². The molecule has 1 aliphatic rings. The maximum atomic E-state index is 5.60. The lowest BCUT2D eigenvalue weighted by Gasteiger charge is -2.37. The lowest BCUT2D eigenvalue weighted by atomic mass is 10.00. The summed E-state index contributed by atoms with van der Waals surface area (Å²) in [4.78, 5) is 0. The zero-order valence-electron chi connectivity index (χ0n) is 11.2. The molecule has 3 nitrogen and oxygen atoms in total. The van der Waals surface area contributed by atoms with Crippen LogP contribution in [0.1, 0.15) is 51.6 Å². The molecular weight excluding hydrogens is 212 g/mol. The lowest BCUT2D eigenvalue weighted by molar-refractivity contribution is 0.108. The Morgan fingerprint density at radius 3 is 2.47 bits per heavy atom. The van der Waals surface area contributed by atoms with E-state index in [0.717, 1.165) is 17.2 Å². The normalized spacial score (nSPS) is 26.4. The third-order valence-electron chi connectivity index (χ3n) is 3.51. The van der Waals surface area contributed by atoms with Gasteiger partial charge in [0.1, 0.15) is 11.5 Å². The Labute approximate surface area is 103 Å². The zero-order valence-corrected chi connectivity index (χ0v) is 11.2. The number of hydrazone groups is 1. The molecule has 0 aliphatic carbocycles. The van der Waals surface area contributed by atoms with Crippen LogP contribution < -0.4 is 0 Å². The van der Waals surface area contributed by atoms with Gasteiger partial charge in [0, 0.05) is 12.1 Å². The minimum absolute atomic E-state index is 0.532. The van der Waals surface area contributed by atoms with Crippen LogP contribution >= 0.6 is 0 Å². The molecule has 1 saturated heterocycles. The van der Waals surface area contributed by atoms with Gasteiger partial charge in [0.15, 0.2) is 0 Å². The summed E-state index contributed by atoms with van der Waals surface area (Å²) >= 11 is 0. The molecule has 1 aliphatic heterocycles. The fourth-order valence-electron chi connectivity index (χ4n) is 2.46. The molecule has 0 aromatic carbocycles. The van der Waals surface area contributed by atoms with Crippen LogP contribution in [0.3, 0.4) is 0 Å². The molecule has 0 saturated carbocycles. The van der Waals surface area contributed by atoms with E-state index in [1.165, 1.54) is 19.3 Å². The van der Waals surface area contributed by atoms with Crippen LogP contribution in [0, 0.1) is 6.92 Å². The van der Waals surface area contributed by atoms with Crippen molar-refractivity contribution in [3.63, 3.8) is 0 Å². The van der Waals surface area contributed by atoms with Crippen molar-refractivity contribution in [3.05, 3.63) is 23.7 Å². The van der Waals surface area contributed by atoms with Gasteiger partial charge in [-0.3, -0.25) is 5.01 Å². The minimum atomic E-state index is 0.532. The predicted octanol–water partition coefficient (Wildman–Crippen LogP) is 3.57. The fourth-order valence-corrected chi connectivity index (χ4v) is 2.46. The average Bonchev–Trinajstić information content (AvgIpc) is 2.70. The first-order valence-corrected chi connectivity index (χ1v) is 6.48. The Morgan fingerprint density at radius 2 is 1.94 bits per heavy atom. The molecule has 0 amide bonds. The third-order valence-corrected chi connectivity index (χ3v) is 3.51. The van der Waals surface area contributed by atoms with Gasteiger partial charge in [-0.2, -0.15) is 5.10 Å². The zero-order chi connectivity index (χ0) is 12.4. The van der Waals surface area contributed by atoms with Gasteiger partial charge in [-0.05, 0) is 59.1 Å². The molecule has 1 aromatic rings. The van der Waals surface area contributed by atoms with E-state index in [1.807, 2.05) is 26.0 Å². The largest absolute Gasteiger partial charge is 0.460 e. The number of piperidine rings is 1. The van der Waals surface area contributed by atoms with E-state index in [0.29, 0.717) is 12.1 Å². The van der Waals surface area contributed by atoms with Gasteiger partial charge in [0.25, 0.3) is 0 Å².